The van der Waals surface area contributed by atoms with Crippen LogP contribution in [-0.2, 0) is 9.53 Å². The van der Waals surface area contributed by atoms with Crippen LogP contribution in [0.3, 0.4) is 0 Å². The summed E-state index contributed by atoms with van der Waals surface area (Å²) in [6.07, 6.45) is 0. The van der Waals surface area contributed by atoms with Crippen molar-refractivity contribution in [1.29, 1.82) is 0 Å². The van der Waals surface area contributed by atoms with Crippen LogP contribution >= 0.6 is 11.6 Å². The quantitative estimate of drug-likeness (QED) is 0.869. The third-order valence-electron chi connectivity index (χ3n) is 2.51. The number of hydrogen-bond acceptors (Lipinski definition) is 4. The van der Waals surface area contributed by atoms with E-state index in [4.69, 9.17) is 11.6 Å². The molecule has 0 aliphatic carbocycles. The Bertz CT molecular complexity index is 643. The Hall–Kier alpha value is -2.14. The van der Waals surface area contributed by atoms with Gasteiger partial charge in [-0.05, 0) is 18.2 Å². The molecule has 1 N–H and O–H groups in total. The van der Waals surface area contributed by atoms with Gasteiger partial charge in [0.15, 0.2) is 0 Å². The fourth-order valence-corrected chi connectivity index (χ4v) is 1.70. The summed E-state index contributed by atoms with van der Waals surface area (Å²) in [7, 11) is 1.25. The second-order valence-electron chi connectivity index (χ2n) is 3.79. The highest BCUT2D eigenvalue weighted by Crippen LogP contribution is 2.17. The Morgan fingerprint density at radius 2 is 2.05 bits per heavy atom. The smallest absolute Gasteiger partial charge is 0.325 e. The maximum absolute atomic E-state index is 11.8. The number of carbonyl (C=O) groups excluding carboxylic acids is 2. The molecule has 98 valence electrons. The summed E-state index contributed by atoms with van der Waals surface area (Å²) >= 11 is 5.87. The Morgan fingerprint density at radius 1 is 1.32 bits per heavy atom. The van der Waals surface area contributed by atoms with E-state index in [2.05, 4.69) is 15.0 Å². The average molecular weight is 279 g/mol. The van der Waals surface area contributed by atoms with Crippen LogP contribution in [0.2, 0.25) is 5.02 Å². The van der Waals surface area contributed by atoms with Gasteiger partial charge in [-0.3, -0.25) is 9.59 Å². The number of nitrogens with one attached hydrogen (secondary N) is 1. The summed E-state index contributed by atoms with van der Waals surface area (Å²) in [5.74, 6) is -0.954. The zero-order valence-electron chi connectivity index (χ0n) is 10.1. The zero-order chi connectivity index (χ0) is 13.8. The van der Waals surface area contributed by atoms with Gasteiger partial charge in [-0.25, -0.2) is 4.98 Å². The lowest BCUT2D eigenvalue weighted by atomic mass is 10.2. The van der Waals surface area contributed by atoms with Gasteiger partial charge < -0.3 is 10.1 Å². The number of fused-ring (bicyclic) bond motifs is 1. The minimum atomic E-state index is -0.516. The predicted octanol–water partition coefficient (Wildman–Crippen LogP) is 1.79. The molecule has 0 aliphatic rings. The molecule has 19 heavy (non-hydrogen) atoms. The number of carbonyl (C=O) groups is 2. The maximum Gasteiger partial charge on any atom is 0.325 e. The molecule has 0 unspecified atom stereocenters. The van der Waals surface area contributed by atoms with Crippen LogP contribution < -0.4 is 5.32 Å². The van der Waals surface area contributed by atoms with Crippen molar-refractivity contribution in [2.75, 3.05) is 13.7 Å². The third-order valence-corrected chi connectivity index (χ3v) is 2.74. The van der Waals surface area contributed by atoms with Crippen molar-refractivity contribution >= 4 is 34.4 Å². The minimum Gasteiger partial charge on any atom is -0.468 e. The molecule has 0 radical (unpaired) electrons. The van der Waals surface area contributed by atoms with Crippen LogP contribution in [0.5, 0.6) is 0 Å². The first-order valence-electron chi connectivity index (χ1n) is 5.51. The van der Waals surface area contributed by atoms with E-state index in [-0.39, 0.29) is 12.2 Å². The van der Waals surface area contributed by atoms with Gasteiger partial charge in [-0.15, -0.1) is 0 Å². The topological polar surface area (TPSA) is 68.3 Å². The maximum atomic E-state index is 11.8. The van der Waals surface area contributed by atoms with Crippen LogP contribution in [0.4, 0.5) is 0 Å². The summed E-state index contributed by atoms with van der Waals surface area (Å²) in [5.41, 5.74) is 0.844. The lowest BCUT2D eigenvalue weighted by molar-refractivity contribution is -0.139. The largest absolute Gasteiger partial charge is 0.468 e. The number of benzene rings is 1. The first-order chi connectivity index (χ1) is 9.10. The molecule has 1 amide bonds. The first-order valence-corrected chi connectivity index (χ1v) is 5.89. The van der Waals surface area contributed by atoms with E-state index in [1.807, 2.05) is 6.07 Å². The van der Waals surface area contributed by atoms with Gasteiger partial charge in [0.05, 0.1) is 12.6 Å². The second-order valence-corrected chi connectivity index (χ2v) is 4.23. The van der Waals surface area contributed by atoms with E-state index >= 15 is 0 Å². The molecule has 6 heteroatoms. The molecule has 0 bridgehead atoms. The molecule has 5 nitrogen and oxygen atoms in total. The van der Waals surface area contributed by atoms with E-state index in [9.17, 15) is 9.59 Å². The molecule has 0 spiro atoms. The summed E-state index contributed by atoms with van der Waals surface area (Å²) in [4.78, 5) is 26.9. The van der Waals surface area contributed by atoms with Crippen LogP contribution in [0, 0.1) is 0 Å². The fourth-order valence-electron chi connectivity index (χ4n) is 1.53. The average Bonchev–Trinajstić information content (AvgIpc) is 2.43. The molecule has 1 aromatic carbocycles. The van der Waals surface area contributed by atoms with Crippen LogP contribution in [0.25, 0.3) is 10.9 Å². The lowest BCUT2D eigenvalue weighted by Crippen LogP contribution is -2.30. The van der Waals surface area contributed by atoms with Crippen molar-refractivity contribution in [2.45, 2.75) is 0 Å². The van der Waals surface area contributed by atoms with Crippen LogP contribution in [-0.4, -0.2) is 30.5 Å². The van der Waals surface area contributed by atoms with Crippen molar-refractivity contribution in [1.82, 2.24) is 10.3 Å². The van der Waals surface area contributed by atoms with Crippen molar-refractivity contribution in [2.24, 2.45) is 0 Å². The van der Waals surface area contributed by atoms with Gasteiger partial charge in [-0.2, -0.15) is 0 Å². The highest BCUT2D eigenvalue weighted by Gasteiger charge is 2.10. The second kappa shape index (κ2) is 5.67. The Kier molecular flexibility index (Phi) is 3.97. The van der Waals surface area contributed by atoms with Crippen molar-refractivity contribution in [3.8, 4) is 0 Å². The van der Waals surface area contributed by atoms with E-state index in [1.165, 1.54) is 7.11 Å². The molecule has 0 saturated heterocycles. The van der Waals surface area contributed by atoms with E-state index in [0.717, 1.165) is 5.39 Å². The Morgan fingerprint density at radius 3 is 2.79 bits per heavy atom. The number of esters is 1. The highest BCUT2D eigenvalue weighted by molar-refractivity contribution is 6.31. The van der Waals surface area contributed by atoms with Gasteiger partial charge in [0.2, 0.25) is 0 Å². The molecule has 0 aliphatic heterocycles. The molecule has 0 saturated carbocycles. The molecular weight excluding hydrogens is 268 g/mol. The third kappa shape index (κ3) is 3.20. The van der Waals surface area contributed by atoms with Crippen LogP contribution in [0.1, 0.15) is 10.5 Å². The standard InChI is InChI=1S/C13H11ClN2O3/c1-19-12(17)7-15-13(18)10-5-3-8-2-4-9(14)6-11(8)16-10/h2-6H,7H2,1H3,(H,15,18). The van der Waals surface area contributed by atoms with E-state index in [1.54, 1.807) is 24.3 Å². The van der Waals surface area contributed by atoms with Crippen molar-refractivity contribution in [3.63, 3.8) is 0 Å². The highest BCUT2D eigenvalue weighted by atomic mass is 35.5. The summed E-state index contributed by atoms with van der Waals surface area (Å²) in [6, 6.07) is 8.60. The predicted molar refractivity (Wildman–Crippen MR) is 71.1 cm³/mol. The van der Waals surface area contributed by atoms with E-state index < -0.39 is 11.9 Å². The van der Waals surface area contributed by atoms with Gasteiger partial charge in [-0.1, -0.05) is 23.7 Å². The number of amides is 1. The fraction of sp³-hybridized carbons (Fsp3) is 0.154. The Labute approximate surface area is 114 Å². The monoisotopic (exact) mass is 278 g/mol. The number of pyridine rings is 1. The number of methoxy groups -OCH3 is 1. The number of ether oxygens (including phenoxy) is 1. The summed E-state index contributed by atoms with van der Waals surface area (Å²) in [5, 5.41) is 3.85. The summed E-state index contributed by atoms with van der Waals surface area (Å²) < 4.78 is 4.43. The first kappa shape index (κ1) is 13.3. The van der Waals surface area contributed by atoms with Gasteiger partial charge >= 0.3 is 5.97 Å². The number of aromatic nitrogens is 1. The van der Waals surface area contributed by atoms with Crippen molar-refractivity contribution in [3.05, 3.63) is 41.0 Å². The van der Waals surface area contributed by atoms with E-state index in [0.29, 0.717) is 10.5 Å². The molecule has 0 fully saturated rings. The number of rotatable bonds is 3. The van der Waals surface area contributed by atoms with Gasteiger partial charge in [0, 0.05) is 10.4 Å². The van der Waals surface area contributed by atoms with Crippen LogP contribution in [0.15, 0.2) is 30.3 Å². The minimum absolute atomic E-state index is 0.190. The van der Waals surface area contributed by atoms with Gasteiger partial charge in [0.25, 0.3) is 5.91 Å². The number of halogens is 1. The summed E-state index contributed by atoms with van der Waals surface area (Å²) in [6.45, 7) is -0.190. The molecule has 0 atom stereocenters. The molecule has 2 aromatic rings. The van der Waals surface area contributed by atoms with Gasteiger partial charge in [0.1, 0.15) is 12.2 Å². The SMILES string of the molecule is COC(=O)CNC(=O)c1ccc2ccc(Cl)cc2n1. The molecule has 1 aromatic heterocycles. The molecule has 2 rings (SSSR count). The Balaban J connectivity index is 2.20. The van der Waals surface area contributed by atoms with Crippen molar-refractivity contribution < 1.29 is 14.3 Å². The number of nitrogens with zero attached hydrogens (tertiary/aromatic N) is 1. The number of hydrogen-bond donors (Lipinski definition) is 1. The molecular formula is C13H11ClN2O3. The molecule has 1 heterocycles. The zero-order valence-corrected chi connectivity index (χ0v) is 10.9. The lowest BCUT2D eigenvalue weighted by Gasteiger charge is -2.04. The normalized spacial score (nSPS) is 10.2.